The molecule has 0 unspecified atom stereocenters. The van der Waals surface area contributed by atoms with E-state index in [1.165, 1.54) is 17.5 Å². The first-order chi connectivity index (χ1) is 10.4. The van der Waals surface area contributed by atoms with Gasteiger partial charge >= 0.3 is 0 Å². The fraction of sp³-hybridized carbons (Fsp3) is 0.368. The van der Waals surface area contributed by atoms with Gasteiger partial charge in [0.2, 0.25) is 0 Å². The molecule has 0 bridgehead atoms. The van der Waals surface area contributed by atoms with Gasteiger partial charge in [-0.05, 0) is 17.5 Å². The zero-order valence-electron chi connectivity index (χ0n) is 15.0. The van der Waals surface area contributed by atoms with E-state index in [1.54, 1.807) is 10.4 Å². The second kappa shape index (κ2) is 7.11. The fourth-order valence-electron chi connectivity index (χ4n) is 3.05. The molecule has 118 valence electrons. The van der Waals surface area contributed by atoms with E-state index in [1.807, 2.05) is 0 Å². The van der Waals surface area contributed by atoms with Crippen LogP contribution in [-0.2, 0) is 5.04 Å². The van der Waals surface area contributed by atoms with Crippen molar-refractivity contribution in [3.63, 3.8) is 0 Å². The summed E-state index contributed by atoms with van der Waals surface area (Å²) in [6.45, 7) is 11.9. The Morgan fingerprint density at radius 1 is 0.727 bits per heavy atom. The molecule has 2 aromatic rings. The summed E-state index contributed by atoms with van der Waals surface area (Å²) in [6.07, 6.45) is 1.19. The van der Waals surface area contributed by atoms with E-state index in [0.717, 1.165) is 10.2 Å². The highest BCUT2D eigenvalue weighted by Gasteiger charge is 2.26. The van der Waals surface area contributed by atoms with E-state index in [4.69, 9.17) is 0 Å². The summed E-state index contributed by atoms with van der Waals surface area (Å²) in [7, 11) is -0.222. The van der Waals surface area contributed by atoms with Crippen LogP contribution >= 0.6 is 0 Å². The summed E-state index contributed by atoms with van der Waals surface area (Å²) >= 11 is 0. The van der Waals surface area contributed by atoms with Crippen LogP contribution in [0.15, 0.2) is 48.5 Å². The van der Waals surface area contributed by atoms with E-state index >= 15 is 0 Å². The molecule has 0 nitrogen and oxygen atoms in total. The lowest BCUT2D eigenvalue weighted by Crippen LogP contribution is -2.30. The van der Waals surface area contributed by atoms with Gasteiger partial charge in [-0.3, -0.25) is 0 Å². The summed E-state index contributed by atoms with van der Waals surface area (Å²) in [5, 5.41) is 3.41. The number of hydrogen-bond acceptors (Lipinski definition) is 0. The molecule has 0 atom stereocenters. The first kappa shape index (κ1) is 17.4. The maximum atomic E-state index is 2.40. The van der Waals surface area contributed by atoms with Crippen LogP contribution in [0.3, 0.4) is 0 Å². The SMILES string of the molecule is CCC([SiH3])(c1ccc([SiH](C)C)cc1)c1ccc([SiH](C)C)cc1. The van der Waals surface area contributed by atoms with Crippen molar-refractivity contribution >= 4 is 38.2 Å². The number of benzene rings is 2. The first-order valence-corrected chi connectivity index (χ1v) is 15.4. The highest BCUT2D eigenvalue weighted by Crippen LogP contribution is 2.31. The molecule has 0 aliphatic rings. The maximum absolute atomic E-state index is 2.40. The van der Waals surface area contributed by atoms with Gasteiger partial charge in [0.1, 0.15) is 0 Å². The van der Waals surface area contributed by atoms with Gasteiger partial charge in [-0.2, -0.15) is 0 Å². The highest BCUT2D eigenvalue weighted by atomic mass is 28.3. The van der Waals surface area contributed by atoms with Gasteiger partial charge in [0, 0.05) is 15.3 Å². The second-order valence-electron chi connectivity index (χ2n) is 7.24. The van der Waals surface area contributed by atoms with E-state index in [9.17, 15) is 0 Å². The van der Waals surface area contributed by atoms with Crippen LogP contribution in [0.5, 0.6) is 0 Å². The third-order valence-corrected chi connectivity index (χ3v) is 10.4. The quantitative estimate of drug-likeness (QED) is 0.730. The predicted molar refractivity (Wildman–Crippen MR) is 111 cm³/mol. The third-order valence-electron chi connectivity index (χ3n) is 5.14. The van der Waals surface area contributed by atoms with Crippen molar-refractivity contribution in [1.29, 1.82) is 0 Å². The van der Waals surface area contributed by atoms with Crippen molar-refractivity contribution in [3.8, 4) is 0 Å². The molecule has 2 aromatic carbocycles. The van der Waals surface area contributed by atoms with E-state index in [-0.39, 0.29) is 5.04 Å². The Labute approximate surface area is 142 Å². The Morgan fingerprint density at radius 2 is 1.05 bits per heavy atom. The fourth-order valence-corrected chi connectivity index (χ4v) is 5.64. The second-order valence-corrected chi connectivity index (χ2v) is 14.9. The van der Waals surface area contributed by atoms with Crippen LogP contribution in [-0.4, -0.2) is 27.8 Å². The Hall–Kier alpha value is -0.909. The molecule has 0 radical (unpaired) electrons. The van der Waals surface area contributed by atoms with E-state index in [0.29, 0.717) is 0 Å². The van der Waals surface area contributed by atoms with Gasteiger partial charge in [0.25, 0.3) is 0 Å². The molecule has 0 amide bonds. The molecule has 2 rings (SSSR count). The summed E-state index contributed by atoms with van der Waals surface area (Å²) < 4.78 is 0. The Bertz CT molecular complexity index is 546. The largest absolute Gasteiger partial charge is 0.0682 e. The monoisotopic (exact) mass is 342 g/mol. The first-order valence-electron chi connectivity index (χ1n) is 8.59. The lowest BCUT2D eigenvalue weighted by atomic mass is 9.88. The molecule has 22 heavy (non-hydrogen) atoms. The molecule has 0 saturated carbocycles. The molecule has 0 heterocycles. The van der Waals surface area contributed by atoms with Crippen LogP contribution in [0.2, 0.25) is 26.2 Å². The third kappa shape index (κ3) is 3.53. The molecule has 0 aliphatic heterocycles. The minimum Gasteiger partial charge on any atom is -0.0682 e. The lowest BCUT2D eigenvalue weighted by molar-refractivity contribution is 0.695. The number of rotatable bonds is 5. The molecule has 0 saturated heterocycles. The van der Waals surface area contributed by atoms with Crippen molar-refractivity contribution in [1.82, 2.24) is 0 Å². The average Bonchev–Trinajstić information content (AvgIpc) is 2.54. The van der Waals surface area contributed by atoms with Crippen LogP contribution < -0.4 is 10.4 Å². The highest BCUT2D eigenvalue weighted by molar-refractivity contribution is 6.71. The Morgan fingerprint density at radius 3 is 1.27 bits per heavy atom. The van der Waals surface area contributed by atoms with Gasteiger partial charge in [0.05, 0.1) is 17.6 Å². The van der Waals surface area contributed by atoms with Gasteiger partial charge in [-0.15, -0.1) is 0 Å². The van der Waals surface area contributed by atoms with Crippen LogP contribution in [0, 0.1) is 0 Å². The van der Waals surface area contributed by atoms with E-state index < -0.39 is 17.6 Å². The average molecular weight is 343 g/mol. The molecule has 3 heteroatoms. The minimum absolute atomic E-state index is 0.258. The summed E-state index contributed by atoms with van der Waals surface area (Å²) in [6, 6.07) is 19.1. The van der Waals surface area contributed by atoms with Crippen LogP contribution in [0.1, 0.15) is 24.5 Å². The zero-order valence-corrected chi connectivity index (χ0v) is 19.3. The normalized spacial score (nSPS) is 12.3. The standard InChI is InChI=1S/C19H30Si3/c1-6-19(20,15-7-11-17(12-8-15)21(2)3)16-9-13-18(14-10-16)22(4)5/h7-14,21-22H,6H2,1-5,20H3. The smallest absolute Gasteiger partial charge is 0.0647 e. The maximum Gasteiger partial charge on any atom is 0.0647 e. The molecule has 0 fully saturated rings. The summed E-state index contributed by atoms with van der Waals surface area (Å²) in [4.78, 5) is 0. The van der Waals surface area contributed by atoms with Crippen molar-refractivity contribution < 1.29 is 0 Å². The minimum atomic E-state index is -0.688. The molecule has 0 N–H and O–H groups in total. The van der Waals surface area contributed by atoms with Gasteiger partial charge < -0.3 is 0 Å². The Balaban J connectivity index is 2.38. The van der Waals surface area contributed by atoms with E-state index in [2.05, 4.69) is 81.6 Å². The van der Waals surface area contributed by atoms with Gasteiger partial charge in [-0.25, -0.2) is 0 Å². The lowest BCUT2D eigenvalue weighted by Gasteiger charge is -2.30. The molecular weight excluding hydrogens is 312 g/mol. The van der Waals surface area contributed by atoms with Crippen molar-refractivity contribution in [3.05, 3.63) is 59.7 Å². The molecule has 0 aliphatic carbocycles. The predicted octanol–water partition coefficient (Wildman–Crippen LogP) is 2.09. The topological polar surface area (TPSA) is 0 Å². The van der Waals surface area contributed by atoms with Crippen molar-refractivity contribution in [2.75, 3.05) is 0 Å². The summed E-state index contributed by atoms with van der Waals surface area (Å²) in [5.74, 6) is 0. The Kier molecular flexibility index (Phi) is 5.64. The van der Waals surface area contributed by atoms with Crippen molar-refractivity contribution in [2.24, 2.45) is 0 Å². The molecular formula is C19H30Si3. The summed E-state index contributed by atoms with van der Waals surface area (Å²) in [5.41, 5.74) is 3.02. The van der Waals surface area contributed by atoms with Gasteiger partial charge in [0.15, 0.2) is 0 Å². The van der Waals surface area contributed by atoms with Gasteiger partial charge in [-0.1, -0.05) is 92.0 Å². The number of hydrogen-bond donors (Lipinski definition) is 0. The zero-order chi connectivity index (χ0) is 16.3. The molecule has 0 spiro atoms. The molecule has 0 aromatic heterocycles. The van der Waals surface area contributed by atoms with Crippen LogP contribution in [0.4, 0.5) is 0 Å². The van der Waals surface area contributed by atoms with Crippen molar-refractivity contribution in [2.45, 2.75) is 44.6 Å². The van der Waals surface area contributed by atoms with Crippen LogP contribution in [0.25, 0.3) is 0 Å².